The van der Waals surface area contributed by atoms with Crippen LogP contribution in [0.25, 0.3) is 0 Å². The van der Waals surface area contributed by atoms with Gasteiger partial charge in [0.15, 0.2) is 0 Å². The molecule has 1 aliphatic carbocycles. The maximum absolute atomic E-state index is 14.5. The van der Waals surface area contributed by atoms with Crippen LogP contribution in [0.5, 0.6) is 0 Å². The summed E-state index contributed by atoms with van der Waals surface area (Å²) in [5, 5.41) is 3.04. The highest BCUT2D eigenvalue weighted by Crippen LogP contribution is 2.41. The molecule has 2 fully saturated rings. The number of nitrogens with zero attached hydrogens (tertiary/aromatic N) is 2. The second-order valence-electron chi connectivity index (χ2n) is 8.22. The molecule has 1 aromatic carbocycles. The molecule has 152 valence electrons. The van der Waals surface area contributed by atoms with Gasteiger partial charge in [0, 0.05) is 43.9 Å². The number of halogens is 1. The molecule has 1 aromatic heterocycles. The molecular formula is C23H26FN3O2. The predicted molar refractivity (Wildman–Crippen MR) is 107 cm³/mol. The van der Waals surface area contributed by atoms with Crippen LogP contribution in [0, 0.1) is 11.7 Å². The van der Waals surface area contributed by atoms with Crippen LogP contribution in [0.1, 0.15) is 43.2 Å². The number of benzene rings is 1. The van der Waals surface area contributed by atoms with Crippen molar-refractivity contribution < 1.29 is 14.0 Å². The lowest BCUT2D eigenvalue weighted by atomic mass is 9.78. The van der Waals surface area contributed by atoms with Crippen LogP contribution in [-0.2, 0) is 21.5 Å². The zero-order chi connectivity index (χ0) is 20.3. The number of hydrogen-bond donors (Lipinski definition) is 1. The van der Waals surface area contributed by atoms with Gasteiger partial charge in [-0.25, -0.2) is 4.39 Å². The minimum absolute atomic E-state index is 0.0151. The topological polar surface area (TPSA) is 62.3 Å². The van der Waals surface area contributed by atoms with Gasteiger partial charge in [0.2, 0.25) is 11.8 Å². The third kappa shape index (κ3) is 4.16. The van der Waals surface area contributed by atoms with Gasteiger partial charge in [0.1, 0.15) is 5.82 Å². The highest BCUT2D eigenvalue weighted by molar-refractivity contribution is 5.89. The second kappa shape index (κ2) is 8.31. The Morgan fingerprint density at radius 3 is 2.72 bits per heavy atom. The van der Waals surface area contributed by atoms with Crippen molar-refractivity contribution in [2.75, 3.05) is 13.1 Å². The van der Waals surface area contributed by atoms with Gasteiger partial charge < -0.3 is 10.2 Å². The van der Waals surface area contributed by atoms with E-state index in [1.165, 1.54) is 6.07 Å². The van der Waals surface area contributed by atoms with Crippen molar-refractivity contribution in [1.82, 2.24) is 15.2 Å². The molecule has 1 N–H and O–H groups in total. The lowest BCUT2D eigenvalue weighted by Crippen LogP contribution is -2.42. The van der Waals surface area contributed by atoms with E-state index in [0.717, 1.165) is 31.2 Å². The van der Waals surface area contributed by atoms with Crippen LogP contribution in [-0.4, -0.2) is 34.8 Å². The van der Waals surface area contributed by atoms with Gasteiger partial charge >= 0.3 is 0 Å². The highest BCUT2D eigenvalue weighted by atomic mass is 19.1. The van der Waals surface area contributed by atoms with Crippen molar-refractivity contribution in [1.29, 1.82) is 0 Å². The maximum Gasteiger partial charge on any atom is 0.225 e. The van der Waals surface area contributed by atoms with Crippen molar-refractivity contribution in [3.05, 3.63) is 65.7 Å². The van der Waals surface area contributed by atoms with E-state index in [2.05, 4.69) is 10.3 Å². The summed E-state index contributed by atoms with van der Waals surface area (Å²) < 4.78 is 14.5. The largest absolute Gasteiger partial charge is 0.355 e. The summed E-state index contributed by atoms with van der Waals surface area (Å²) in [4.78, 5) is 31.0. The Hall–Kier alpha value is -2.76. The minimum atomic E-state index is -0.363. The lowest BCUT2D eigenvalue weighted by molar-refractivity contribution is -0.129. The Morgan fingerprint density at radius 1 is 1.21 bits per heavy atom. The number of nitrogens with one attached hydrogen (secondary N) is 1. The molecule has 0 spiro atoms. The maximum atomic E-state index is 14.5. The number of likely N-dealkylation sites (tertiary alicyclic amines) is 1. The molecule has 1 atom stereocenters. The Kier molecular flexibility index (Phi) is 5.60. The smallest absolute Gasteiger partial charge is 0.225 e. The molecule has 4 rings (SSSR count). The number of aromatic nitrogens is 1. The molecule has 6 heteroatoms. The van der Waals surface area contributed by atoms with Crippen LogP contribution in [0.2, 0.25) is 0 Å². The monoisotopic (exact) mass is 395 g/mol. The number of carbonyl (C=O) groups excluding carboxylic acids is 2. The highest BCUT2D eigenvalue weighted by Gasteiger charge is 2.39. The van der Waals surface area contributed by atoms with E-state index in [0.29, 0.717) is 25.2 Å². The molecule has 2 amide bonds. The normalized spacial score (nSPS) is 20.8. The first kappa shape index (κ1) is 19.6. The molecule has 1 saturated carbocycles. The standard InChI is InChI=1S/C23H26FN3O2/c24-20-8-2-1-7-19(20)23(9-3-4-10-23)16-26-22(29)18-12-21(28)27(15-18)14-17-6-5-11-25-13-17/h1-2,5-8,11,13,18H,3-4,9-10,12,14-16H2,(H,26,29)/t18-/m0/s1. The van der Waals surface area contributed by atoms with E-state index >= 15 is 0 Å². The van der Waals surface area contributed by atoms with E-state index in [-0.39, 0.29) is 35.4 Å². The van der Waals surface area contributed by atoms with Gasteiger partial charge in [-0.05, 0) is 36.1 Å². The predicted octanol–water partition coefficient (Wildman–Crippen LogP) is 3.20. The van der Waals surface area contributed by atoms with E-state index in [9.17, 15) is 14.0 Å². The molecule has 0 bridgehead atoms. The van der Waals surface area contributed by atoms with E-state index in [1.807, 2.05) is 24.3 Å². The fraction of sp³-hybridized carbons (Fsp3) is 0.435. The zero-order valence-electron chi connectivity index (χ0n) is 16.4. The average molecular weight is 395 g/mol. The van der Waals surface area contributed by atoms with Gasteiger partial charge in [-0.15, -0.1) is 0 Å². The van der Waals surface area contributed by atoms with E-state index in [4.69, 9.17) is 0 Å². The summed E-state index contributed by atoms with van der Waals surface area (Å²) in [6, 6.07) is 10.6. The van der Waals surface area contributed by atoms with Crippen molar-refractivity contribution in [2.45, 2.75) is 44.1 Å². The molecule has 1 saturated heterocycles. The lowest BCUT2D eigenvalue weighted by Gasteiger charge is -2.30. The molecule has 2 heterocycles. The van der Waals surface area contributed by atoms with Crippen LogP contribution in [0.4, 0.5) is 4.39 Å². The third-order valence-corrected chi connectivity index (χ3v) is 6.29. The van der Waals surface area contributed by atoms with Crippen LogP contribution in [0.15, 0.2) is 48.8 Å². The van der Waals surface area contributed by atoms with Gasteiger partial charge in [0.25, 0.3) is 0 Å². The zero-order valence-corrected chi connectivity index (χ0v) is 16.4. The molecule has 0 unspecified atom stereocenters. The van der Waals surface area contributed by atoms with Crippen molar-refractivity contribution in [3.8, 4) is 0 Å². The first-order chi connectivity index (χ1) is 14.1. The number of pyridine rings is 1. The van der Waals surface area contributed by atoms with Crippen molar-refractivity contribution in [2.24, 2.45) is 5.92 Å². The first-order valence-corrected chi connectivity index (χ1v) is 10.3. The van der Waals surface area contributed by atoms with E-state index in [1.54, 1.807) is 23.4 Å². The minimum Gasteiger partial charge on any atom is -0.355 e. The quantitative estimate of drug-likeness (QED) is 0.817. The molecular weight excluding hydrogens is 369 g/mol. The molecule has 2 aromatic rings. The Balaban J connectivity index is 1.39. The van der Waals surface area contributed by atoms with Gasteiger partial charge in [0.05, 0.1) is 5.92 Å². The van der Waals surface area contributed by atoms with Crippen LogP contribution < -0.4 is 5.32 Å². The Morgan fingerprint density at radius 2 is 2.00 bits per heavy atom. The molecule has 29 heavy (non-hydrogen) atoms. The van der Waals surface area contributed by atoms with Crippen LogP contribution >= 0.6 is 0 Å². The molecule has 5 nitrogen and oxygen atoms in total. The number of hydrogen-bond acceptors (Lipinski definition) is 3. The van der Waals surface area contributed by atoms with Crippen molar-refractivity contribution in [3.63, 3.8) is 0 Å². The summed E-state index contributed by atoms with van der Waals surface area (Å²) in [5.74, 6) is -0.700. The van der Waals surface area contributed by atoms with Gasteiger partial charge in [-0.2, -0.15) is 0 Å². The Labute approximate surface area is 170 Å². The van der Waals surface area contributed by atoms with Gasteiger partial charge in [-0.3, -0.25) is 14.6 Å². The summed E-state index contributed by atoms with van der Waals surface area (Å²) in [5.41, 5.74) is 1.30. The fourth-order valence-electron chi connectivity index (χ4n) is 4.70. The van der Waals surface area contributed by atoms with Gasteiger partial charge in [-0.1, -0.05) is 37.1 Å². The second-order valence-corrected chi connectivity index (χ2v) is 8.22. The molecule has 0 radical (unpaired) electrons. The molecule has 2 aliphatic rings. The third-order valence-electron chi connectivity index (χ3n) is 6.29. The fourth-order valence-corrected chi connectivity index (χ4v) is 4.70. The van der Waals surface area contributed by atoms with Crippen LogP contribution in [0.3, 0.4) is 0 Å². The number of rotatable bonds is 6. The summed E-state index contributed by atoms with van der Waals surface area (Å²) in [6.45, 7) is 1.29. The summed E-state index contributed by atoms with van der Waals surface area (Å²) >= 11 is 0. The Bertz CT molecular complexity index is 881. The first-order valence-electron chi connectivity index (χ1n) is 10.3. The van der Waals surface area contributed by atoms with E-state index < -0.39 is 0 Å². The van der Waals surface area contributed by atoms with Crippen molar-refractivity contribution >= 4 is 11.8 Å². The average Bonchev–Trinajstić information content (AvgIpc) is 3.35. The SMILES string of the molecule is O=C(NCC1(c2ccccc2F)CCCC1)[C@H]1CC(=O)N(Cc2cccnc2)C1. The number of amides is 2. The number of carbonyl (C=O) groups is 2. The molecule has 1 aliphatic heterocycles. The summed E-state index contributed by atoms with van der Waals surface area (Å²) in [6.07, 6.45) is 7.45. The summed E-state index contributed by atoms with van der Waals surface area (Å²) in [7, 11) is 0.